The third-order valence-electron chi connectivity index (χ3n) is 6.15. The molecule has 10 nitrogen and oxygen atoms in total. The van der Waals surface area contributed by atoms with Crippen LogP contribution in [0.5, 0.6) is 5.75 Å². The average molecular weight is 499 g/mol. The molecule has 0 spiro atoms. The number of pyridine rings is 1. The molecule has 2 aromatic carbocycles. The third kappa shape index (κ3) is 5.24. The smallest absolute Gasteiger partial charge is 0.199 e. The van der Waals surface area contributed by atoms with Crippen molar-refractivity contribution in [3.63, 3.8) is 0 Å². The van der Waals surface area contributed by atoms with Gasteiger partial charge in [-0.25, -0.2) is 14.6 Å². The average Bonchev–Trinajstić information content (AvgIpc) is 3.52. The highest BCUT2D eigenvalue weighted by Crippen LogP contribution is 2.36. The molecule has 0 fully saturated rings. The number of nitrogens with zero attached hydrogens (tertiary/aromatic N) is 5. The summed E-state index contributed by atoms with van der Waals surface area (Å²) in [7, 11) is 0. The van der Waals surface area contributed by atoms with E-state index >= 15 is 0 Å². The van der Waals surface area contributed by atoms with Gasteiger partial charge < -0.3 is 26.1 Å². The van der Waals surface area contributed by atoms with Crippen molar-refractivity contribution in [2.45, 2.75) is 26.3 Å². The van der Waals surface area contributed by atoms with E-state index in [0.29, 0.717) is 35.9 Å². The Balaban J connectivity index is 1.33. The van der Waals surface area contributed by atoms with Crippen LogP contribution in [-0.2, 0) is 13.0 Å². The molecule has 10 heteroatoms. The number of hydrogen-bond donors (Lipinski definition) is 3. The molecule has 3 heterocycles. The van der Waals surface area contributed by atoms with E-state index in [9.17, 15) is 0 Å². The molecule has 37 heavy (non-hydrogen) atoms. The molecule has 0 radical (unpaired) electrons. The minimum absolute atomic E-state index is 0.187. The van der Waals surface area contributed by atoms with Crippen LogP contribution in [0.4, 0.5) is 11.5 Å². The number of aromatic nitrogens is 5. The lowest BCUT2D eigenvalue weighted by atomic mass is 10.1. The predicted octanol–water partition coefficient (Wildman–Crippen LogP) is 3.93. The number of imidazole rings is 1. The summed E-state index contributed by atoms with van der Waals surface area (Å²) in [5.41, 5.74) is 17.5. The maximum atomic E-state index is 6.22. The Morgan fingerprint density at radius 2 is 1.78 bits per heavy atom. The number of ether oxygens (including phenoxy) is 1. The van der Waals surface area contributed by atoms with Crippen molar-refractivity contribution in [2.24, 2.45) is 0 Å². The minimum atomic E-state index is 0.187. The van der Waals surface area contributed by atoms with Crippen molar-refractivity contribution < 1.29 is 9.37 Å². The zero-order chi connectivity index (χ0) is 25.6. The molecule has 0 aliphatic rings. The summed E-state index contributed by atoms with van der Waals surface area (Å²) in [5.74, 6) is 1.41. The summed E-state index contributed by atoms with van der Waals surface area (Å²) in [6, 6.07) is 17.9. The number of rotatable bonds is 11. The van der Waals surface area contributed by atoms with Crippen molar-refractivity contribution in [3.05, 3.63) is 66.4 Å². The number of benzene rings is 2. The molecule has 5 aromatic rings. The Labute approximate surface area is 214 Å². The molecule has 0 atom stereocenters. The molecule has 190 valence electrons. The summed E-state index contributed by atoms with van der Waals surface area (Å²) >= 11 is 0. The normalized spacial score (nSPS) is 11.3. The zero-order valence-corrected chi connectivity index (χ0v) is 20.7. The highest BCUT2D eigenvalue weighted by atomic mass is 16.6. The van der Waals surface area contributed by atoms with Crippen LogP contribution in [0.1, 0.15) is 18.9 Å². The van der Waals surface area contributed by atoms with Crippen LogP contribution in [0.25, 0.3) is 33.8 Å². The van der Waals surface area contributed by atoms with E-state index in [-0.39, 0.29) is 5.82 Å². The quantitative estimate of drug-likeness (QED) is 0.182. The fourth-order valence-electron chi connectivity index (χ4n) is 4.29. The molecule has 0 saturated carbocycles. The second-order valence-corrected chi connectivity index (χ2v) is 8.66. The van der Waals surface area contributed by atoms with Crippen LogP contribution in [0.2, 0.25) is 0 Å². The fraction of sp³-hybridized carbons (Fsp3) is 0.259. The third-order valence-corrected chi connectivity index (χ3v) is 6.15. The molecule has 0 unspecified atom stereocenters. The molecule has 0 amide bonds. The van der Waals surface area contributed by atoms with Crippen LogP contribution in [-0.4, -0.2) is 44.5 Å². The van der Waals surface area contributed by atoms with Crippen molar-refractivity contribution in [3.8, 4) is 28.5 Å². The highest BCUT2D eigenvalue weighted by molar-refractivity contribution is 5.95. The SMILES string of the molecule is CCn1c(-c2nonc2N)nc2c(-c3ccccc3)ncc(OCCCNCCc3ccc(N)cc3)c21. The van der Waals surface area contributed by atoms with Crippen LogP contribution >= 0.6 is 0 Å². The molecule has 3 aromatic heterocycles. The number of hydrogen-bond acceptors (Lipinski definition) is 9. The first kappa shape index (κ1) is 24.3. The molecule has 0 saturated heterocycles. The van der Waals surface area contributed by atoms with E-state index in [0.717, 1.165) is 48.4 Å². The van der Waals surface area contributed by atoms with E-state index in [1.54, 1.807) is 6.20 Å². The van der Waals surface area contributed by atoms with Crippen molar-refractivity contribution in [1.82, 2.24) is 30.2 Å². The first-order valence-corrected chi connectivity index (χ1v) is 12.4. The van der Waals surface area contributed by atoms with Crippen LogP contribution in [0.3, 0.4) is 0 Å². The first-order valence-electron chi connectivity index (χ1n) is 12.4. The molecular weight excluding hydrogens is 468 g/mol. The Bertz CT molecular complexity index is 1460. The maximum Gasteiger partial charge on any atom is 0.199 e. The minimum Gasteiger partial charge on any atom is -0.490 e. The van der Waals surface area contributed by atoms with E-state index in [4.69, 9.17) is 30.8 Å². The molecule has 0 aliphatic heterocycles. The van der Waals surface area contributed by atoms with Crippen LogP contribution in [0, 0.1) is 0 Å². The summed E-state index contributed by atoms with van der Waals surface area (Å²) < 4.78 is 13.1. The van der Waals surface area contributed by atoms with Gasteiger partial charge in [-0.05, 0) is 60.9 Å². The van der Waals surface area contributed by atoms with Gasteiger partial charge in [-0.15, -0.1) is 0 Å². The van der Waals surface area contributed by atoms with E-state index in [2.05, 4.69) is 27.8 Å². The highest BCUT2D eigenvalue weighted by Gasteiger charge is 2.23. The molecule has 5 rings (SSSR count). The van der Waals surface area contributed by atoms with Crippen molar-refractivity contribution in [1.29, 1.82) is 0 Å². The number of nitrogens with one attached hydrogen (secondary N) is 1. The van der Waals surface area contributed by atoms with Gasteiger partial charge in [-0.1, -0.05) is 42.5 Å². The number of nitrogen functional groups attached to an aromatic ring is 2. The van der Waals surface area contributed by atoms with Gasteiger partial charge in [-0.2, -0.15) is 0 Å². The van der Waals surface area contributed by atoms with Crippen molar-refractivity contribution in [2.75, 3.05) is 31.2 Å². The van der Waals surface area contributed by atoms with E-state index < -0.39 is 0 Å². The van der Waals surface area contributed by atoms with Gasteiger partial charge in [0.2, 0.25) is 0 Å². The monoisotopic (exact) mass is 498 g/mol. The van der Waals surface area contributed by atoms with Crippen LogP contribution in [0.15, 0.2) is 65.4 Å². The van der Waals surface area contributed by atoms with Gasteiger partial charge in [0.05, 0.1) is 18.5 Å². The topological polar surface area (TPSA) is 143 Å². The molecule has 0 aliphatic carbocycles. The Hall–Kier alpha value is -4.44. The lowest BCUT2D eigenvalue weighted by Crippen LogP contribution is -2.20. The molecule has 0 bridgehead atoms. The Kier molecular flexibility index (Phi) is 7.27. The second kappa shape index (κ2) is 11.1. The van der Waals surface area contributed by atoms with Gasteiger partial charge in [0.1, 0.15) is 11.0 Å². The second-order valence-electron chi connectivity index (χ2n) is 8.66. The predicted molar refractivity (Wildman–Crippen MR) is 144 cm³/mol. The zero-order valence-electron chi connectivity index (χ0n) is 20.7. The van der Waals surface area contributed by atoms with Gasteiger partial charge >= 0.3 is 0 Å². The Morgan fingerprint density at radius 1 is 0.973 bits per heavy atom. The summed E-state index contributed by atoms with van der Waals surface area (Å²) in [4.78, 5) is 9.61. The lowest BCUT2D eigenvalue weighted by molar-refractivity contribution is 0.309. The Morgan fingerprint density at radius 3 is 2.51 bits per heavy atom. The lowest BCUT2D eigenvalue weighted by Gasteiger charge is -2.12. The fourth-order valence-corrected chi connectivity index (χ4v) is 4.29. The van der Waals surface area contributed by atoms with E-state index in [1.807, 2.05) is 54.0 Å². The summed E-state index contributed by atoms with van der Waals surface area (Å²) in [6.45, 7) is 4.92. The van der Waals surface area contributed by atoms with Crippen molar-refractivity contribution >= 4 is 22.5 Å². The number of anilines is 2. The largest absolute Gasteiger partial charge is 0.490 e. The molecular formula is C27H30N8O2. The summed E-state index contributed by atoms with van der Waals surface area (Å²) in [5, 5.41) is 11.2. The van der Waals surface area contributed by atoms with Gasteiger partial charge in [-0.3, -0.25) is 0 Å². The standard InChI is InChI=1S/C27H30N8O2/c1-2-35-25-21(36-16-6-14-30-15-13-18-9-11-20(28)12-10-18)17-31-22(19-7-4-3-5-8-19)23(25)32-27(35)24-26(29)34-37-33-24/h3-5,7-12,17,30H,2,6,13-16,28H2,1H3,(H2,29,34). The van der Waals surface area contributed by atoms with Gasteiger partial charge in [0.25, 0.3) is 0 Å². The van der Waals surface area contributed by atoms with Crippen LogP contribution < -0.4 is 21.5 Å². The number of nitrogens with two attached hydrogens (primary N) is 2. The van der Waals surface area contributed by atoms with E-state index in [1.165, 1.54) is 5.56 Å². The maximum absolute atomic E-state index is 6.22. The van der Waals surface area contributed by atoms with Gasteiger partial charge in [0.15, 0.2) is 23.1 Å². The number of aryl methyl sites for hydroxylation is 1. The first-order chi connectivity index (χ1) is 18.2. The number of fused-ring (bicyclic) bond motifs is 1. The summed E-state index contributed by atoms with van der Waals surface area (Å²) in [6.07, 6.45) is 3.56. The van der Waals surface area contributed by atoms with Gasteiger partial charge in [0, 0.05) is 17.8 Å². The molecule has 5 N–H and O–H groups in total.